The largest absolute Gasteiger partial charge is 0.371 e. The normalized spacial score (nSPS) is 13.9. The Hall–Kier alpha value is -1.88. The third kappa shape index (κ3) is 6.31. The molecular formula is C26H38N3P. The van der Waals surface area contributed by atoms with Crippen molar-refractivity contribution in [3.05, 3.63) is 53.1 Å². The van der Waals surface area contributed by atoms with Gasteiger partial charge in [-0.15, -0.1) is 0 Å². The number of nitriles is 1. The molecule has 1 fully saturated rings. The van der Waals surface area contributed by atoms with Gasteiger partial charge in [0.1, 0.15) is 0 Å². The van der Waals surface area contributed by atoms with Crippen molar-refractivity contribution in [3.8, 4) is 17.2 Å². The highest BCUT2D eigenvalue weighted by molar-refractivity contribution is 7.13. The second kappa shape index (κ2) is 12.1. The number of rotatable bonds is 8. The van der Waals surface area contributed by atoms with Crippen LogP contribution >= 0.6 is 9.39 Å². The lowest BCUT2D eigenvalue weighted by molar-refractivity contribution is 0.386. The van der Waals surface area contributed by atoms with Gasteiger partial charge in [0.25, 0.3) is 0 Å². The van der Waals surface area contributed by atoms with Gasteiger partial charge in [-0.2, -0.15) is 5.26 Å². The Morgan fingerprint density at radius 1 is 1.17 bits per heavy atom. The quantitative estimate of drug-likeness (QED) is 0.457. The second-order valence-electron chi connectivity index (χ2n) is 8.14. The summed E-state index contributed by atoms with van der Waals surface area (Å²) >= 11 is 0. The summed E-state index contributed by atoms with van der Waals surface area (Å²) in [5.41, 5.74) is 7.04. The fraction of sp³-hybridized carbons (Fsp3) is 0.500. The molecule has 0 radical (unpaired) electrons. The highest BCUT2D eigenvalue weighted by Gasteiger charge is 2.19. The molecule has 2 unspecified atom stereocenters. The maximum absolute atomic E-state index is 9.26. The van der Waals surface area contributed by atoms with Crippen molar-refractivity contribution >= 4 is 15.1 Å². The topological polar surface area (TPSA) is 30.3 Å². The number of hydrogen-bond acceptors (Lipinski definition) is 3. The number of hydrogen-bond donors (Lipinski definition) is 0. The fourth-order valence-corrected chi connectivity index (χ4v) is 4.59. The summed E-state index contributed by atoms with van der Waals surface area (Å²) in [6.07, 6.45) is 3.53. The van der Waals surface area contributed by atoms with Crippen LogP contribution in [-0.4, -0.2) is 30.8 Å². The first kappa shape index (κ1) is 24.4. The van der Waals surface area contributed by atoms with Crippen molar-refractivity contribution in [2.75, 3.05) is 31.1 Å². The Bertz CT molecular complexity index is 852. The van der Waals surface area contributed by atoms with E-state index >= 15 is 0 Å². The monoisotopic (exact) mass is 423 g/mol. The lowest BCUT2D eigenvalue weighted by Crippen LogP contribution is -2.37. The Morgan fingerprint density at radius 2 is 1.90 bits per heavy atom. The predicted molar refractivity (Wildman–Crippen MR) is 134 cm³/mol. The molecule has 0 N–H and O–H groups in total. The average molecular weight is 424 g/mol. The van der Waals surface area contributed by atoms with E-state index in [-0.39, 0.29) is 0 Å². The van der Waals surface area contributed by atoms with E-state index in [0.717, 1.165) is 43.7 Å². The smallest absolute Gasteiger partial charge is 0.0994 e. The molecule has 0 aliphatic carbocycles. The lowest BCUT2D eigenvalue weighted by Gasteiger charge is -2.35. The minimum absolute atomic E-state index is 0.606. The Morgan fingerprint density at radius 3 is 2.47 bits per heavy atom. The summed E-state index contributed by atoms with van der Waals surface area (Å²) < 4.78 is 2.35. The van der Waals surface area contributed by atoms with Gasteiger partial charge in [0.2, 0.25) is 0 Å². The Kier molecular flexibility index (Phi) is 9.83. The maximum Gasteiger partial charge on any atom is 0.0994 e. The summed E-state index contributed by atoms with van der Waals surface area (Å²) in [4.78, 5) is 2.46. The molecule has 0 bridgehead atoms. The molecule has 162 valence electrons. The molecule has 0 saturated carbocycles. The van der Waals surface area contributed by atoms with Crippen LogP contribution in [0.25, 0.3) is 11.1 Å². The van der Waals surface area contributed by atoms with Gasteiger partial charge in [-0.3, -0.25) is 4.67 Å². The molecule has 2 aromatic carbocycles. The molecule has 1 aliphatic heterocycles. The minimum Gasteiger partial charge on any atom is -0.371 e. The molecule has 0 spiro atoms. The third-order valence-electron chi connectivity index (χ3n) is 5.56. The van der Waals surface area contributed by atoms with Crippen LogP contribution in [0.15, 0.2) is 36.4 Å². The van der Waals surface area contributed by atoms with E-state index in [1.807, 2.05) is 26.8 Å². The number of nitrogens with zero attached hydrogens (tertiary/aromatic N) is 3. The molecule has 4 heteroatoms. The van der Waals surface area contributed by atoms with Gasteiger partial charge in [-0.25, -0.2) is 0 Å². The summed E-state index contributed by atoms with van der Waals surface area (Å²) in [6.45, 7) is 15.1. The van der Waals surface area contributed by atoms with Gasteiger partial charge in [0, 0.05) is 37.4 Å². The second-order valence-corrected chi connectivity index (χ2v) is 8.87. The van der Waals surface area contributed by atoms with Crippen molar-refractivity contribution < 1.29 is 0 Å². The van der Waals surface area contributed by atoms with E-state index < -0.39 is 0 Å². The van der Waals surface area contributed by atoms with E-state index in [2.05, 4.69) is 69.2 Å². The molecule has 2 atom stereocenters. The van der Waals surface area contributed by atoms with Gasteiger partial charge in [0.05, 0.1) is 11.6 Å². The summed E-state index contributed by atoms with van der Waals surface area (Å²) in [5, 5.41) is 9.26. The van der Waals surface area contributed by atoms with E-state index in [1.54, 1.807) is 0 Å². The first-order chi connectivity index (χ1) is 14.5. The van der Waals surface area contributed by atoms with Crippen LogP contribution in [0.3, 0.4) is 0 Å². The minimum atomic E-state index is 0.606. The first-order valence-electron chi connectivity index (χ1n) is 11.4. The zero-order chi connectivity index (χ0) is 22.1. The molecule has 3 nitrogen and oxygen atoms in total. The molecule has 30 heavy (non-hydrogen) atoms. The van der Waals surface area contributed by atoms with E-state index in [4.69, 9.17) is 0 Å². The Balaban J connectivity index is 0.00000155. The van der Waals surface area contributed by atoms with E-state index in [9.17, 15) is 5.26 Å². The lowest BCUT2D eigenvalue weighted by atomic mass is 9.93. The van der Waals surface area contributed by atoms with Crippen LogP contribution < -0.4 is 4.90 Å². The Labute approximate surface area is 186 Å². The summed E-state index contributed by atoms with van der Waals surface area (Å²) in [7, 11) is 2.87. The highest BCUT2D eigenvalue weighted by Crippen LogP contribution is 2.35. The SMILES string of the molecule is CC.CCCN(P)CC(C)Cc1ccc(N2CCC2)c(-c2ccc(C#N)c(C)c2)c1. The van der Waals surface area contributed by atoms with E-state index in [0.29, 0.717) is 5.92 Å². The highest BCUT2D eigenvalue weighted by atomic mass is 31.0. The standard InChI is InChI=1S/C24H32N3P.C2H6/c1-4-10-27(28)17-18(2)13-20-6-9-24(26-11-5-12-26)23(15-20)21-7-8-22(16-25)19(3)14-21;1-2/h6-9,14-15,18H,4-5,10-13,17,28H2,1-3H3;1-2H3. The van der Waals surface area contributed by atoms with Crippen molar-refractivity contribution in [2.24, 2.45) is 5.92 Å². The molecule has 0 aromatic heterocycles. The van der Waals surface area contributed by atoms with Gasteiger partial charge < -0.3 is 4.90 Å². The fourth-order valence-electron chi connectivity index (χ4n) is 3.98. The average Bonchev–Trinajstić information content (AvgIpc) is 2.69. The number of anilines is 1. The molecule has 3 rings (SSSR count). The van der Waals surface area contributed by atoms with Crippen molar-refractivity contribution in [2.45, 2.75) is 53.9 Å². The zero-order valence-corrected chi connectivity index (χ0v) is 20.6. The molecule has 1 saturated heterocycles. The van der Waals surface area contributed by atoms with Crippen molar-refractivity contribution in [1.82, 2.24) is 4.67 Å². The molecule has 2 aromatic rings. The summed E-state index contributed by atoms with van der Waals surface area (Å²) in [5.74, 6) is 0.606. The van der Waals surface area contributed by atoms with Crippen LogP contribution in [0.2, 0.25) is 0 Å². The van der Waals surface area contributed by atoms with Gasteiger partial charge in [0.15, 0.2) is 0 Å². The van der Waals surface area contributed by atoms with Crippen molar-refractivity contribution in [1.29, 1.82) is 5.26 Å². The number of aryl methyl sites for hydroxylation is 1. The van der Waals surface area contributed by atoms with Crippen LogP contribution in [-0.2, 0) is 6.42 Å². The van der Waals surface area contributed by atoms with Crippen LogP contribution in [0.4, 0.5) is 5.69 Å². The van der Waals surface area contributed by atoms with Crippen LogP contribution in [0.5, 0.6) is 0 Å². The van der Waals surface area contributed by atoms with Gasteiger partial charge in [-0.1, -0.05) is 55.3 Å². The predicted octanol–water partition coefficient (Wildman–Crippen LogP) is 6.45. The third-order valence-corrected chi connectivity index (χ3v) is 6.03. The molecule has 0 amide bonds. The van der Waals surface area contributed by atoms with Crippen LogP contribution in [0.1, 0.15) is 57.2 Å². The molecular weight excluding hydrogens is 385 g/mol. The molecule has 1 heterocycles. The molecule has 1 aliphatic rings. The van der Waals surface area contributed by atoms with E-state index in [1.165, 1.54) is 35.2 Å². The van der Waals surface area contributed by atoms with Crippen molar-refractivity contribution in [3.63, 3.8) is 0 Å². The first-order valence-corrected chi connectivity index (χ1v) is 11.9. The van der Waals surface area contributed by atoms with Gasteiger partial charge >= 0.3 is 0 Å². The van der Waals surface area contributed by atoms with Gasteiger partial charge in [-0.05, 0) is 67.0 Å². The maximum atomic E-state index is 9.26. The van der Waals surface area contributed by atoms with Crippen LogP contribution in [0, 0.1) is 24.2 Å². The number of benzene rings is 2. The zero-order valence-electron chi connectivity index (χ0n) is 19.4. The summed E-state index contributed by atoms with van der Waals surface area (Å²) in [6, 6.07) is 15.5.